The SMILES string of the molecule is C=NN/N=C(\N)C1CCN(C(=O)OC(C)(C)C)C1. The van der Waals surface area contributed by atoms with Crippen molar-refractivity contribution in [2.75, 3.05) is 13.1 Å². The zero-order chi connectivity index (χ0) is 13.8. The first-order valence-electron chi connectivity index (χ1n) is 5.85. The Labute approximate surface area is 107 Å². The number of likely N-dealkylation sites (tertiary alicyclic amines) is 1. The van der Waals surface area contributed by atoms with Crippen LogP contribution in [0.3, 0.4) is 0 Å². The van der Waals surface area contributed by atoms with E-state index in [4.69, 9.17) is 10.5 Å². The van der Waals surface area contributed by atoms with E-state index < -0.39 is 5.60 Å². The van der Waals surface area contributed by atoms with E-state index >= 15 is 0 Å². The van der Waals surface area contributed by atoms with E-state index in [0.29, 0.717) is 18.9 Å². The van der Waals surface area contributed by atoms with Crippen LogP contribution in [0, 0.1) is 5.92 Å². The average molecular weight is 255 g/mol. The smallest absolute Gasteiger partial charge is 0.410 e. The number of nitrogens with zero attached hydrogens (tertiary/aromatic N) is 3. The van der Waals surface area contributed by atoms with Gasteiger partial charge in [0.05, 0.1) is 0 Å². The Morgan fingerprint density at radius 1 is 1.56 bits per heavy atom. The Balaban J connectivity index is 2.51. The summed E-state index contributed by atoms with van der Waals surface area (Å²) in [7, 11) is 0. The quantitative estimate of drug-likeness (QED) is 0.441. The van der Waals surface area contributed by atoms with Crippen molar-refractivity contribution < 1.29 is 9.53 Å². The maximum absolute atomic E-state index is 11.8. The van der Waals surface area contributed by atoms with Crippen molar-refractivity contribution >= 4 is 18.6 Å². The molecular weight excluding hydrogens is 234 g/mol. The first kappa shape index (κ1) is 14.3. The second kappa shape index (κ2) is 5.70. The van der Waals surface area contributed by atoms with Crippen LogP contribution in [0.25, 0.3) is 0 Å². The molecule has 1 aliphatic heterocycles. The third-order valence-electron chi connectivity index (χ3n) is 2.51. The summed E-state index contributed by atoms with van der Waals surface area (Å²) >= 11 is 0. The molecule has 7 nitrogen and oxygen atoms in total. The lowest BCUT2D eigenvalue weighted by molar-refractivity contribution is 0.0292. The van der Waals surface area contributed by atoms with Gasteiger partial charge in [-0.3, -0.25) is 0 Å². The molecule has 1 unspecified atom stereocenters. The van der Waals surface area contributed by atoms with Crippen LogP contribution in [0.1, 0.15) is 27.2 Å². The molecule has 1 heterocycles. The Morgan fingerprint density at radius 2 is 2.22 bits per heavy atom. The lowest BCUT2D eigenvalue weighted by atomic mass is 10.1. The van der Waals surface area contributed by atoms with Crippen molar-refractivity contribution in [1.82, 2.24) is 10.4 Å². The minimum Gasteiger partial charge on any atom is -0.444 e. The van der Waals surface area contributed by atoms with Crippen molar-refractivity contribution in [1.29, 1.82) is 0 Å². The third-order valence-corrected chi connectivity index (χ3v) is 2.51. The molecule has 7 heteroatoms. The van der Waals surface area contributed by atoms with Gasteiger partial charge in [0.2, 0.25) is 0 Å². The summed E-state index contributed by atoms with van der Waals surface area (Å²) in [6, 6.07) is 0. The van der Waals surface area contributed by atoms with Gasteiger partial charge in [0, 0.05) is 25.7 Å². The predicted octanol–water partition coefficient (Wildman–Crippen LogP) is 0.721. The molecule has 0 aliphatic carbocycles. The molecule has 0 bridgehead atoms. The summed E-state index contributed by atoms with van der Waals surface area (Å²) in [6.07, 6.45) is 0.459. The van der Waals surface area contributed by atoms with Crippen molar-refractivity contribution in [3.05, 3.63) is 0 Å². The number of carbonyl (C=O) groups is 1. The Morgan fingerprint density at radius 3 is 2.78 bits per heavy atom. The van der Waals surface area contributed by atoms with E-state index in [-0.39, 0.29) is 12.0 Å². The molecule has 1 amide bonds. The molecule has 3 N–H and O–H groups in total. The molecule has 1 fully saturated rings. The van der Waals surface area contributed by atoms with Gasteiger partial charge in [-0.05, 0) is 27.2 Å². The van der Waals surface area contributed by atoms with E-state index in [1.807, 2.05) is 20.8 Å². The molecule has 0 aromatic rings. The largest absolute Gasteiger partial charge is 0.444 e. The van der Waals surface area contributed by atoms with Gasteiger partial charge in [0.1, 0.15) is 11.4 Å². The molecule has 102 valence electrons. The monoisotopic (exact) mass is 255 g/mol. The van der Waals surface area contributed by atoms with Crippen molar-refractivity contribution in [2.24, 2.45) is 21.9 Å². The summed E-state index contributed by atoms with van der Waals surface area (Å²) in [5.74, 6) is 0.459. The summed E-state index contributed by atoms with van der Waals surface area (Å²) in [5.41, 5.74) is 7.64. The molecule has 18 heavy (non-hydrogen) atoms. The van der Waals surface area contributed by atoms with Gasteiger partial charge in [-0.2, -0.15) is 10.6 Å². The molecule has 0 spiro atoms. The second-order valence-electron chi connectivity index (χ2n) is 5.21. The van der Waals surface area contributed by atoms with E-state index in [9.17, 15) is 4.79 Å². The molecule has 0 aromatic carbocycles. The molecular formula is C11H21N5O2. The lowest BCUT2D eigenvalue weighted by Gasteiger charge is -2.24. The van der Waals surface area contributed by atoms with Gasteiger partial charge in [0.25, 0.3) is 0 Å². The molecule has 0 saturated carbocycles. The average Bonchev–Trinajstić information content (AvgIpc) is 2.72. The molecule has 1 atom stereocenters. The molecule has 0 radical (unpaired) electrons. The maximum atomic E-state index is 11.8. The van der Waals surface area contributed by atoms with Crippen LogP contribution in [-0.4, -0.2) is 42.2 Å². The lowest BCUT2D eigenvalue weighted by Crippen LogP contribution is -2.36. The van der Waals surface area contributed by atoms with Crippen LogP contribution in [0.4, 0.5) is 4.79 Å². The number of amides is 1. The number of carbonyl (C=O) groups excluding carboxylic acids is 1. The topological polar surface area (TPSA) is 92.3 Å². The summed E-state index contributed by atoms with van der Waals surface area (Å²) in [5, 5.41) is 7.21. The van der Waals surface area contributed by atoms with Gasteiger partial charge in [0.15, 0.2) is 0 Å². The number of hydrogen-bond donors (Lipinski definition) is 2. The fourth-order valence-corrected chi connectivity index (χ4v) is 1.68. The van der Waals surface area contributed by atoms with Crippen LogP contribution in [0.15, 0.2) is 10.2 Å². The minimum atomic E-state index is -0.483. The van der Waals surface area contributed by atoms with Crippen molar-refractivity contribution in [3.8, 4) is 0 Å². The van der Waals surface area contributed by atoms with Crippen LogP contribution in [-0.2, 0) is 4.74 Å². The molecule has 0 aromatic heterocycles. The van der Waals surface area contributed by atoms with E-state index in [1.54, 1.807) is 4.90 Å². The Bertz CT molecular complexity index is 348. The van der Waals surface area contributed by atoms with Crippen molar-refractivity contribution in [3.63, 3.8) is 0 Å². The number of hydrogen-bond acceptors (Lipinski definition) is 5. The van der Waals surface area contributed by atoms with Crippen LogP contribution >= 0.6 is 0 Å². The van der Waals surface area contributed by atoms with Crippen LogP contribution in [0.5, 0.6) is 0 Å². The summed E-state index contributed by atoms with van der Waals surface area (Å²) < 4.78 is 5.29. The Hall–Kier alpha value is -1.79. The number of amidine groups is 1. The standard InChI is InChI=1S/C11H21N5O2/c1-11(2,3)18-10(17)16-6-5-8(7-16)9(12)14-15-13-4/h8,15H,4-7H2,1-3H3,(H2,12,14). The summed E-state index contributed by atoms with van der Waals surface area (Å²) in [6.45, 7) is 9.90. The fraction of sp³-hybridized carbons (Fsp3) is 0.727. The number of ether oxygens (including phenoxy) is 1. The number of hydrazone groups is 2. The maximum Gasteiger partial charge on any atom is 0.410 e. The van der Waals surface area contributed by atoms with Gasteiger partial charge >= 0.3 is 6.09 Å². The van der Waals surface area contributed by atoms with Crippen LogP contribution < -0.4 is 11.3 Å². The predicted molar refractivity (Wildman–Crippen MR) is 70.2 cm³/mol. The zero-order valence-corrected chi connectivity index (χ0v) is 11.1. The zero-order valence-electron chi connectivity index (χ0n) is 11.1. The highest BCUT2D eigenvalue weighted by molar-refractivity contribution is 5.84. The molecule has 1 aliphatic rings. The highest BCUT2D eigenvalue weighted by Crippen LogP contribution is 2.19. The highest BCUT2D eigenvalue weighted by Gasteiger charge is 2.31. The normalized spacial score (nSPS) is 20.7. The minimum absolute atomic E-state index is 0.0340. The van der Waals surface area contributed by atoms with Crippen LogP contribution in [0.2, 0.25) is 0 Å². The number of rotatable bonds is 3. The van der Waals surface area contributed by atoms with E-state index in [0.717, 1.165) is 6.42 Å². The third kappa shape index (κ3) is 4.23. The highest BCUT2D eigenvalue weighted by atomic mass is 16.6. The fourth-order valence-electron chi connectivity index (χ4n) is 1.68. The van der Waals surface area contributed by atoms with E-state index in [1.165, 1.54) is 0 Å². The van der Waals surface area contributed by atoms with Gasteiger partial charge in [-0.25, -0.2) is 4.79 Å². The van der Waals surface area contributed by atoms with Gasteiger partial charge < -0.3 is 15.4 Å². The summed E-state index contributed by atoms with van der Waals surface area (Å²) in [4.78, 5) is 13.5. The molecule has 1 saturated heterocycles. The molecule has 1 rings (SSSR count). The number of nitrogens with one attached hydrogen (secondary N) is 1. The first-order valence-corrected chi connectivity index (χ1v) is 5.85. The first-order chi connectivity index (χ1) is 8.33. The van der Waals surface area contributed by atoms with Crippen molar-refractivity contribution in [2.45, 2.75) is 32.8 Å². The van der Waals surface area contributed by atoms with Gasteiger partial charge in [-0.1, -0.05) is 0 Å². The van der Waals surface area contributed by atoms with E-state index in [2.05, 4.69) is 22.5 Å². The number of nitrogens with two attached hydrogens (primary N) is 1. The Kier molecular flexibility index (Phi) is 4.52. The second-order valence-corrected chi connectivity index (χ2v) is 5.21. The van der Waals surface area contributed by atoms with Gasteiger partial charge in [-0.15, -0.1) is 5.10 Å².